The monoisotopic (exact) mass is 262 g/mol. The van der Waals surface area contributed by atoms with Gasteiger partial charge < -0.3 is 5.32 Å². The molecule has 0 saturated heterocycles. The number of nitrogens with one attached hydrogen (secondary N) is 1. The molecule has 1 amide bonds. The Kier molecular flexibility index (Phi) is 4.66. The number of rotatable bonds is 3. The number of carbonyl (C=O) groups is 1. The zero-order valence-electron chi connectivity index (χ0n) is 11.7. The molecular weight excluding hydrogens is 243 g/mol. The molecule has 3 nitrogen and oxygen atoms in total. The van der Waals surface area contributed by atoms with E-state index in [0.717, 1.165) is 0 Å². The Bertz CT molecular complexity index is 512. The van der Waals surface area contributed by atoms with Crippen LogP contribution in [0.3, 0.4) is 0 Å². The second kappa shape index (κ2) is 5.83. The lowest BCUT2D eigenvalue weighted by Gasteiger charge is -2.26. The predicted octanol–water partition coefficient (Wildman–Crippen LogP) is 3.71. The standard InChI is InChI=1S/C15H19FN2O/c1-10(15(2,3)4)7-14(19)18-12-5-6-13(16)11(8-12)9-17/h5-6,8,10H,7H2,1-4H3,(H,18,19). The van der Waals surface area contributed by atoms with Crippen LogP contribution in [-0.4, -0.2) is 5.91 Å². The van der Waals surface area contributed by atoms with Crippen LogP contribution in [0.25, 0.3) is 0 Å². The van der Waals surface area contributed by atoms with E-state index in [-0.39, 0.29) is 22.8 Å². The van der Waals surface area contributed by atoms with Crippen molar-refractivity contribution in [1.82, 2.24) is 0 Å². The summed E-state index contributed by atoms with van der Waals surface area (Å²) in [5, 5.41) is 11.4. The molecule has 1 N–H and O–H groups in total. The third-order valence-corrected chi connectivity index (χ3v) is 3.34. The minimum absolute atomic E-state index is 0.0535. The highest BCUT2D eigenvalue weighted by Gasteiger charge is 2.22. The highest BCUT2D eigenvalue weighted by Crippen LogP contribution is 2.28. The molecule has 0 aromatic heterocycles. The maximum absolute atomic E-state index is 13.1. The van der Waals surface area contributed by atoms with E-state index in [1.165, 1.54) is 18.2 Å². The van der Waals surface area contributed by atoms with E-state index in [1.54, 1.807) is 6.07 Å². The van der Waals surface area contributed by atoms with Crippen LogP contribution in [0.2, 0.25) is 0 Å². The molecule has 0 aliphatic heterocycles. The summed E-state index contributed by atoms with van der Waals surface area (Å²) in [6.45, 7) is 8.26. The van der Waals surface area contributed by atoms with Gasteiger partial charge in [-0.15, -0.1) is 0 Å². The molecule has 0 aliphatic rings. The lowest BCUT2D eigenvalue weighted by atomic mass is 9.80. The van der Waals surface area contributed by atoms with E-state index < -0.39 is 5.82 Å². The fraction of sp³-hybridized carbons (Fsp3) is 0.467. The average Bonchev–Trinajstić information content (AvgIpc) is 2.30. The van der Waals surface area contributed by atoms with Crippen LogP contribution < -0.4 is 5.32 Å². The fourth-order valence-corrected chi connectivity index (χ4v) is 1.49. The molecule has 102 valence electrons. The van der Waals surface area contributed by atoms with Crippen LogP contribution in [0, 0.1) is 28.5 Å². The number of nitriles is 1. The van der Waals surface area contributed by atoms with Crippen molar-refractivity contribution in [3.05, 3.63) is 29.6 Å². The molecule has 1 aromatic rings. The maximum Gasteiger partial charge on any atom is 0.224 e. The van der Waals surface area contributed by atoms with Gasteiger partial charge in [-0.3, -0.25) is 4.79 Å². The van der Waals surface area contributed by atoms with Gasteiger partial charge in [0, 0.05) is 12.1 Å². The molecule has 0 fully saturated rings. The van der Waals surface area contributed by atoms with Crippen molar-refractivity contribution in [2.75, 3.05) is 5.32 Å². The van der Waals surface area contributed by atoms with Gasteiger partial charge in [0.25, 0.3) is 0 Å². The van der Waals surface area contributed by atoms with E-state index in [4.69, 9.17) is 5.26 Å². The number of hydrogen-bond donors (Lipinski definition) is 1. The molecule has 1 atom stereocenters. The molecule has 0 bridgehead atoms. The van der Waals surface area contributed by atoms with Crippen LogP contribution in [0.5, 0.6) is 0 Å². The second-order valence-electron chi connectivity index (χ2n) is 5.83. The van der Waals surface area contributed by atoms with Gasteiger partial charge in [-0.25, -0.2) is 4.39 Å². The Morgan fingerprint density at radius 3 is 2.63 bits per heavy atom. The third kappa shape index (κ3) is 4.36. The minimum Gasteiger partial charge on any atom is -0.326 e. The van der Waals surface area contributed by atoms with Crippen LogP contribution in [0.1, 0.15) is 39.7 Å². The Hall–Kier alpha value is -1.89. The molecule has 1 aromatic carbocycles. The smallest absolute Gasteiger partial charge is 0.224 e. The number of nitrogens with zero attached hydrogens (tertiary/aromatic N) is 1. The summed E-state index contributed by atoms with van der Waals surface area (Å²) in [5.74, 6) is -0.482. The van der Waals surface area contributed by atoms with Crippen LogP contribution in [0.15, 0.2) is 18.2 Å². The number of benzene rings is 1. The van der Waals surface area contributed by atoms with E-state index in [2.05, 4.69) is 26.1 Å². The van der Waals surface area contributed by atoms with Gasteiger partial charge in [-0.2, -0.15) is 5.26 Å². The molecule has 0 heterocycles. The molecule has 0 aliphatic carbocycles. The SMILES string of the molecule is CC(CC(=O)Nc1ccc(F)c(C#N)c1)C(C)(C)C. The molecular formula is C15H19FN2O. The van der Waals surface area contributed by atoms with Crippen molar-refractivity contribution in [2.24, 2.45) is 11.3 Å². The number of amides is 1. The lowest BCUT2D eigenvalue weighted by Crippen LogP contribution is -2.23. The number of hydrogen-bond acceptors (Lipinski definition) is 2. The van der Waals surface area contributed by atoms with Gasteiger partial charge in [0.1, 0.15) is 11.9 Å². The average molecular weight is 262 g/mol. The van der Waals surface area contributed by atoms with Gasteiger partial charge >= 0.3 is 0 Å². The first-order valence-electron chi connectivity index (χ1n) is 6.23. The molecule has 0 saturated carbocycles. The van der Waals surface area contributed by atoms with Crippen molar-refractivity contribution in [3.63, 3.8) is 0 Å². The first kappa shape index (κ1) is 15.2. The fourth-order valence-electron chi connectivity index (χ4n) is 1.49. The molecule has 0 radical (unpaired) electrons. The zero-order chi connectivity index (χ0) is 14.6. The number of carbonyl (C=O) groups excluding carboxylic acids is 1. The Morgan fingerprint density at radius 2 is 2.11 bits per heavy atom. The van der Waals surface area contributed by atoms with Crippen LogP contribution in [0.4, 0.5) is 10.1 Å². The van der Waals surface area contributed by atoms with Crippen molar-refractivity contribution in [3.8, 4) is 6.07 Å². The lowest BCUT2D eigenvalue weighted by molar-refractivity contribution is -0.117. The first-order valence-corrected chi connectivity index (χ1v) is 6.23. The molecule has 1 unspecified atom stereocenters. The van der Waals surface area contributed by atoms with E-state index in [1.807, 2.05) is 6.92 Å². The van der Waals surface area contributed by atoms with Gasteiger partial charge in [0.15, 0.2) is 0 Å². The third-order valence-electron chi connectivity index (χ3n) is 3.34. The number of anilines is 1. The summed E-state index contributed by atoms with van der Waals surface area (Å²) in [4.78, 5) is 11.9. The predicted molar refractivity (Wildman–Crippen MR) is 73.0 cm³/mol. The maximum atomic E-state index is 13.1. The van der Waals surface area contributed by atoms with E-state index in [9.17, 15) is 9.18 Å². The summed E-state index contributed by atoms with van der Waals surface area (Å²) in [5.41, 5.74) is 0.434. The topological polar surface area (TPSA) is 52.9 Å². The van der Waals surface area contributed by atoms with Crippen molar-refractivity contribution >= 4 is 11.6 Å². The van der Waals surface area contributed by atoms with Crippen molar-refractivity contribution in [2.45, 2.75) is 34.1 Å². The largest absolute Gasteiger partial charge is 0.326 e. The minimum atomic E-state index is -0.580. The van der Waals surface area contributed by atoms with Crippen LogP contribution >= 0.6 is 0 Å². The molecule has 19 heavy (non-hydrogen) atoms. The van der Waals surface area contributed by atoms with Crippen LogP contribution in [-0.2, 0) is 4.79 Å². The Morgan fingerprint density at radius 1 is 1.47 bits per heavy atom. The summed E-state index contributed by atoms with van der Waals surface area (Å²) < 4.78 is 13.1. The normalized spacial score (nSPS) is 12.6. The van der Waals surface area contributed by atoms with Crippen molar-refractivity contribution in [1.29, 1.82) is 5.26 Å². The quantitative estimate of drug-likeness (QED) is 0.902. The second-order valence-corrected chi connectivity index (χ2v) is 5.83. The highest BCUT2D eigenvalue weighted by atomic mass is 19.1. The van der Waals surface area contributed by atoms with E-state index in [0.29, 0.717) is 12.1 Å². The molecule has 4 heteroatoms. The zero-order valence-corrected chi connectivity index (χ0v) is 11.7. The molecule has 0 spiro atoms. The van der Waals surface area contributed by atoms with Gasteiger partial charge in [-0.1, -0.05) is 27.7 Å². The highest BCUT2D eigenvalue weighted by molar-refractivity contribution is 5.91. The van der Waals surface area contributed by atoms with Gasteiger partial charge in [0.2, 0.25) is 5.91 Å². The summed E-state index contributed by atoms with van der Waals surface area (Å²) in [6.07, 6.45) is 0.392. The van der Waals surface area contributed by atoms with Gasteiger partial charge in [-0.05, 0) is 29.5 Å². The summed E-state index contributed by atoms with van der Waals surface area (Å²) in [6, 6.07) is 5.73. The molecule has 1 rings (SSSR count). The first-order chi connectivity index (χ1) is 8.74. The summed E-state index contributed by atoms with van der Waals surface area (Å²) in [7, 11) is 0. The van der Waals surface area contributed by atoms with E-state index >= 15 is 0 Å². The summed E-state index contributed by atoms with van der Waals surface area (Å²) >= 11 is 0. The van der Waals surface area contributed by atoms with Gasteiger partial charge in [0.05, 0.1) is 5.56 Å². The Balaban J connectivity index is 2.71. The van der Waals surface area contributed by atoms with Crippen molar-refractivity contribution < 1.29 is 9.18 Å². The Labute approximate surface area is 113 Å². The number of halogens is 1.